The van der Waals surface area contributed by atoms with Gasteiger partial charge in [-0.25, -0.2) is 0 Å². The molecule has 0 aromatic heterocycles. The Labute approximate surface area is 124 Å². The molecule has 0 bridgehead atoms. The van der Waals surface area contributed by atoms with E-state index in [4.69, 9.17) is 0 Å². The maximum absolute atomic E-state index is 12.2. The van der Waals surface area contributed by atoms with Gasteiger partial charge in [-0.15, -0.1) is 0 Å². The summed E-state index contributed by atoms with van der Waals surface area (Å²) in [7, 11) is 0. The fourth-order valence-electron chi connectivity index (χ4n) is 2.13. The standard InChI is InChI=1S/C15H22N2O4/c1-4-15(5-2,10-18)9-16-14(19)12-8-11(3)6-7-13(12)17(20)21/h6-8,18H,4-5,9-10H2,1-3H3,(H,16,19). The number of carbonyl (C=O) groups is 1. The largest absolute Gasteiger partial charge is 0.396 e. The summed E-state index contributed by atoms with van der Waals surface area (Å²) < 4.78 is 0. The van der Waals surface area contributed by atoms with Crippen LogP contribution in [0.3, 0.4) is 0 Å². The van der Waals surface area contributed by atoms with Crippen LogP contribution in [0.2, 0.25) is 0 Å². The number of aryl methyl sites for hydroxylation is 1. The van der Waals surface area contributed by atoms with E-state index in [2.05, 4.69) is 5.32 Å². The van der Waals surface area contributed by atoms with Crippen molar-refractivity contribution in [1.82, 2.24) is 5.32 Å². The minimum atomic E-state index is -0.562. The average Bonchev–Trinajstić information content (AvgIpc) is 2.48. The van der Waals surface area contributed by atoms with Crippen molar-refractivity contribution in [3.63, 3.8) is 0 Å². The molecule has 1 aromatic carbocycles. The molecule has 0 aliphatic carbocycles. The number of nitrogens with one attached hydrogen (secondary N) is 1. The second kappa shape index (κ2) is 7.17. The topological polar surface area (TPSA) is 92.5 Å². The first-order valence-corrected chi connectivity index (χ1v) is 7.03. The molecule has 1 rings (SSSR count). The highest BCUT2D eigenvalue weighted by atomic mass is 16.6. The van der Waals surface area contributed by atoms with Gasteiger partial charge in [-0.05, 0) is 31.4 Å². The van der Waals surface area contributed by atoms with Crippen molar-refractivity contribution >= 4 is 11.6 Å². The van der Waals surface area contributed by atoms with Crippen molar-refractivity contribution in [1.29, 1.82) is 0 Å². The molecule has 2 N–H and O–H groups in total. The lowest BCUT2D eigenvalue weighted by Crippen LogP contribution is -2.39. The van der Waals surface area contributed by atoms with Crippen LogP contribution >= 0.6 is 0 Å². The predicted molar refractivity (Wildman–Crippen MR) is 80.3 cm³/mol. The molecule has 6 nitrogen and oxygen atoms in total. The molecule has 0 radical (unpaired) electrons. The highest BCUT2D eigenvalue weighted by Gasteiger charge is 2.27. The third-order valence-electron chi connectivity index (χ3n) is 4.05. The number of aliphatic hydroxyl groups excluding tert-OH is 1. The molecular weight excluding hydrogens is 272 g/mol. The molecule has 0 aliphatic heterocycles. The van der Waals surface area contributed by atoms with Crippen LogP contribution in [0, 0.1) is 22.5 Å². The number of nitrogens with zero attached hydrogens (tertiary/aromatic N) is 1. The number of rotatable bonds is 7. The maximum Gasteiger partial charge on any atom is 0.282 e. The molecular formula is C15H22N2O4. The Kier molecular flexibility index (Phi) is 5.84. The van der Waals surface area contributed by atoms with Gasteiger partial charge in [0.05, 0.1) is 11.5 Å². The third-order valence-corrected chi connectivity index (χ3v) is 4.05. The van der Waals surface area contributed by atoms with Crippen LogP contribution in [-0.4, -0.2) is 29.1 Å². The lowest BCUT2D eigenvalue weighted by Gasteiger charge is -2.29. The zero-order chi connectivity index (χ0) is 16.0. The monoisotopic (exact) mass is 294 g/mol. The summed E-state index contributed by atoms with van der Waals surface area (Å²) in [6, 6.07) is 4.44. The van der Waals surface area contributed by atoms with Gasteiger partial charge in [0.2, 0.25) is 0 Å². The third kappa shape index (κ3) is 4.01. The average molecular weight is 294 g/mol. The SMILES string of the molecule is CCC(CC)(CO)CNC(=O)c1cc(C)ccc1[N+](=O)[O-]. The van der Waals surface area contributed by atoms with Crippen LogP contribution in [0.1, 0.15) is 42.6 Å². The van der Waals surface area contributed by atoms with Gasteiger partial charge in [-0.2, -0.15) is 0 Å². The van der Waals surface area contributed by atoms with E-state index >= 15 is 0 Å². The normalized spacial score (nSPS) is 11.2. The second-order valence-corrected chi connectivity index (χ2v) is 5.33. The van der Waals surface area contributed by atoms with Gasteiger partial charge in [-0.1, -0.05) is 19.9 Å². The van der Waals surface area contributed by atoms with E-state index in [1.165, 1.54) is 12.1 Å². The van der Waals surface area contributed by atoms with Crippen LogP contribution in [0.5, 0.6) is 0 Å². The van der Waals surface area contributed by atoms with E-state index in [1.54, 1.807) is 13.0 Å². The Bertz CT molecular complexity index is 516. The van der Waals surface area contributed by atoms with Crippen LogP contribution in [0.15, 0.2) is 18.2 Å². The van der Waals surface area contributed by atoms with E-state index in [0.29, 0.717) is 6.54 Å². The lowest BCUT2D eigenvalue weighted by molar-refractivity contribution is -0.385. The Morgan fingerprint density at radius 2 is 2.00 bits per heavy atom. The number of hydrogen-bond donors (Lipinski definition) is 2. The molecule has 116 valence electrons. The molecule has 1 aromatic rings. The van der Waals surface area contributed by atoms with Crippen molar-refractivity contribution in [3.05, 3.63) is 39.4 Å². The van der Waals surface area contributed by atoms with E-state index < -0.39 is 10.8 Å². The molecule has 0 heterocycles. The van der Waals surface area contributed by atoms with Crippen LogP contribution in [0.25, 0.3) is 0 Å². The molecule has 21 heavy (non-hydrogen) atoms. The zero-order valence-corrected chi connectivity index (χ0v) is 12.7. The number of aliphatic hydroxyl groups is 1. The van der Waals surface area contributed by atoms with Crippen molar-refractivity contribution in [2.45, 2.75) is 33.6 Å². The second-order valence-electron chi connectivity index (χ2n) is 5.33. The molecule has 0 unspecified atom stereocenters. The number of nitro benzene ring substituents is 1. The summed E-state index contributed by atoms with van der Waals surface area (Å²) >= 11 is 0. The highest BCUT2D eigenvalue weighted by molar-refractivity contribution is 5.98. The van der Waals surface area contributed by atoms with Gasteiger partial charge in [-0.3, -0.25) is 14.9 Å². The number of amides is 1. The van der Waals surface area contributed by atoms with Gasteiger partial charge in [0.25, 0.3) is 11.6 Å². The van der Waals surface area contributed by atoms with Gasteiger partial charge in [0.1, 0.15) is 5.56 Å². The van der Waals surface area contributed by atoms with E-state index in [9.17, 15) is 20.0 Å². The minimum Gasteiger partial charge on any atom is -0.396 e. The molecule has 0 atom stereocenters. The molecule has 0 aliphatic rings. The Hall–Kier alpha value is -1.95. The number of nitro groups is 1. The summed E-state index contributed by atoms with van der Waals surface area (Å²) in [5, 5.41) is 23.2. The molecule has 0 fully saturated rings. The number of benzene rings is 1. The fraction of sp³-hybridized carbons (Fsp3) is 0.533. The van der Waals surface area contributed by atoms with Crippen LogP contribution in [0.4, 0.5) is 5.69 Å². The van der Waals surface area contributed by atoms with Crippen molar-refractivity contribution in [3.8, 4) is 0 Å². The quantitative estimate of drug-likeness (QED) is 0.596. The predicted octanol–water partition coefficient (Wildman–Crippen LogP) is 2.43. The van der Waals surface area contributed by atoms with E-state index in [1.807, 2.05) is 13.8 Å². The summed E-state index contributed by atoms with van der Waals surface area (Å²) in [6.07, 6.45) is 1.44. The van der Waals surface area contributed by atoms with Crippen molar-refractivity contribution < 1.29 is 14.8 Å². The molecule has 1 amide bonds. The van der Waals surface area contributed by atoms with Crippen molar-refractivity contribution in [2.24, 2.45) is 5.41 Å². The Balaban J connectivity index is 2.95. The Morgan fingerprint density at radius 3 is 2.48 bits per heavy atom. The van der Waals surface area contributed by atoms with E-state index in [-0.39, 0.29) is 23.3 Å². The summed E-state index contributed by atoms with van der Waals surface area (Å²) in [5.74, 6) is -0.481. The molecule has 6 heteroatoms. The highest BCUT2D eigenvalue weighted by Crippen LogP contribution is 2.25. The molecule has 0 spiro atoms. The zero-order valence-electron chi connectivity index (χ0n) is 12.7. The van der Waals surface area contributed by atoms with Gasteiger partial charge >= 0.3 is 0 Å². The Morgan fingerprint density at radius 1 is 1.38 bits per heavy atom. The van der Waals surface area contributed by atoms with Crippen LogP contribution in [-0.2, 0) is 0 Å². The van der Waals surface area contributed by atoms with Crippen molar-refractivity contribution in [2.75, 3.05) is 13.2 Å². The first-order valence-electron chi connectivity index (χ1n) is 7.03. The van der Waals surface area contributed by atoms with Gasteiger partial charge in [0, 0.05) is 18.0 Å². The maximum atomic E-state index is 12.2. The minimum absolute atomic E-state index is 0.0316. The van der Waals surface area contributed by atoms with Crippen LogP contribution < -0.4 is 5.32 Å². The first kappa shape index (κ1) is 17.1. The number of hydrogen-bond acceptors (Lipinski definition) is 4. The smallest absolute Gasteiger partial charge is 0.282 e. The first-order chi connectivity index (χ1) is 9.89. The molecule has 0 saturated carbocycles. The van der Waals surface area contributed by atoms with Gasteiger partial charge < -0.3 is 10.4 Å². The summed E-state index contributed by atoms with van der Waals surface area (Å²) in [5.41, 5.74) is 0.249. The summed E-state index contributed by atoms with van der Waals surface area (Å²) in [6.45, 7) is 5.93. The summed E-state index contributed by atoms with van der Waals surface area (Å²) in [4.78, 5) is 22.6. The van der Waals surface area contributed by atoms with E-state index in [0.717, 1.165) is 18.4 Å². The number of carbonyl (C=O) groups excluding carboxylic acids is 1. The van der Waals surface area contributed by atoms with Gasteiger partial charge in [0.15, 0.2) is 0 Å². The fourth-order valence-corrected chi connectivity index (χ4v) is 2.13. The molecule has 0 saturated heterocycles. The lowest BCUT2D eigenvalue weighted by atomic mass is 9.83.